The summed E-state index contributed by atoms with van der Waals surface area (Å²) in [6.45, 7) is 8.06. The second-order valence-electron chi connectivity index (χ2n) is 8.48. The molecule has 0 spiro atoms. The minimum Gasteiger partial charge on any atom is -0.510 e. The molecule has 1 aliphatic heterocycles. The van der Waals surface area contributed by atoms with Gasteiger partial charge in [0.15, 0.2) is 5.70 Å². The van der Waals surface area contributed by atoms with Crippen LogP contribution < -0.4 is 15.0 Å². The van der Waals surface area contributed by atoms with Gasteiger partial charge in [0.1, 0.15) is 17.0 Å². The summed E-state index contributed by atoms with van der Waals surface area (Å²) in [5, 5.41) is 12.8. The van der Waals surface area contributed by atoms with Crippen LogP contribution in [0.3, 0.4) is 0 Å². The fourth-order valence-corrected chi connectivity index (χ4v) is 4.32. The zero-order valence-electron chi connectivity index (χ0n) is 19.4. The van der Waals surface area contributed by atoms with Crippen LogP contribution in [0.25, 0.3) is 11.0 Å². The molecule has 180 valence electrons. The lowest BCUT2D eigenvalue weighted by molar-refractivity contribution is -0.118. The Bertz CT molecular complexity index is 1080. The fourth-order valence-electron chi connectivity index (χ4n) is 4.32. The van der Waals surface area contributed by atoms with Crippen LogP contribution in [0.1, 0.15) is 32.6 Å². The zero-order chi connectivity index (χ0) is 23.9. The quantitative estimate of drug-likeness (QED) is 0.367. The Hall–Kier alpha value is -3.46. The van der Waals surface area contributed by atoms with Crippen LogP contribution in [0.15, 0.2) is 53.6 Å². The number of anilines is 1. The van der Waals surface area contributed by atoms with Gasteiger partial charge < -0.3 is 24.8 Å². The molecule has 9 heteroatoms. The molecule has 1 saturated carbocycles. The van der Waals surface area contributed by atoms with E-state index >= 15 is 0 Å². The topological polar surface area (TPSA) is 109 Å². The Morgan fingerprint density at radius 1 is 1.24 bits per heavy atom. The van der Waals surface area contributed by atoms with Crippen LogP contribution in [0.4, 0.5) is 5.69 Å². The predicted octanol–water partition coefficient (Wildman–Crippen LogP) is 3.32. The fraction of sp³-hybridized carbons (Fsp3) is 0.440. The number of rotatable bonds is 7. The molecular weight excluding hydrogens is 434 g/mol. The number of fused-ring (bicyclic) bond motifs is 1. The molecule has 9 nitrogen and oxygen atoms in total. The zero-order valence-corrected chi connectivity index (χ0v) is 19.4. The third kappa shape index (κ3) is 5.72. The highest BCUT2D eigenvalue weighted by molar-refractivity contribution is 5.95. The van der Waals surface area contributed by atoms with Crippen LogP contribution in [0, 0.1) is 0 Å². The van der Waals surface area contributed by atoms with E-state index < -0.39 is 0 Å². The summed E-state index contributed by atoms with van der Waals surface area (Å²) >= 11 is 0. The normalized spacial score (nSPS) is 21.9. The number of aromatic nitrogens is 2. The molecule has 1 amide bonds. The molecule has 0 radical (unpaired) electrons. The number of nitrogens with one attached hydrogen (secondary N) is 1. The number of carbonyl (C=O) groups is 1. The maximum atomic E-state index is 12.5. The van der Waals surface area contributed by atoms with Crippen LogP contribution in [-0.2, 0) is 9.53 Å². The van der Waals surface area contributed by atoms with Gasteiger partial charge in [-0.15, -0.1) is 0 Å². The Kier molecular flexibility index (Phi) is 7.74. The van der Waals surface area contributed by atoms with Gasteiger partial charge in [-0.05, 0) is 38.7 Å². The van der Waals surface area contributed by atoms with Crippen molar-refractivity contribution in [1.29, 1.82) is 0 Å². The molecule has 1 aliphatic carbocycles. The molecule has 2 aromatic rings. The lowest BCUT2D eigenvalue weighted by Gasteiger charge is -2.31. The van der Waals surface area contributed by atoms with Gasteiger partial charge in [0.25, 0.3) is 5.91 Å². The van der Waals surface area contributed by atoms with E-state index in [4.69, 9.17) is 9.47 Å². The van der Waals surface area contributed by atoms with Gasteiger partial charge in [-0.25, -0.2) is 9.98 Å². The first kappa shape index (κ1) is 23.7. The first-order chi connectivity index (χ1) is 16.5. The monoisotopic (exact) mass is 465 g/mol. The molecule has 0 unspecified atom stereocenters. The van der Waals surface area contributed by atoms with E-state index in [0.717, 1.165) is 61.2 Å². The summed E-state index contributed by atoms with van der Waals surface area (Å²) < 4.78 is 11.9. The Morgan fingerprint density at radius 2 is 1.97 bits per heavy atom. The summed E-state index contributed by atoms with van der Waals surface area (Å²) in [7, 11) is 0. The second kappa shape index (κ2) is 11.1. The van der Waals surface area contributed by atoms with E-state index in [1.54, 1.807) is 12.4 Å². The number of ether oxygens (including phenoxy) is 2. The first-order valence-electron chi connectivity index (χ1n) is 11.6. The average Bonchev–Trinajstić information content (AvgIpc) is 2.85. The van der Waals surface area contributed by atoms with Crippen LogP contribution in [-0.4, -0.2) is 65.6 Å². The standard InChI is InChI=1S/C25H31N5O4/c1-3-8-27-23(17(2)31)25(32)29-18-4-6-20(7-5-18)34-22-16-19(30-11-13-33-14-12-30)15-21-24(22)28-10-9-26-21/h3,8-10,15-16,18,20,31H,1,4-7,11-14H2,2H3,(H,29,32)/b23-17+,27-8?. The minimum atomic E-state index is -0.387. The SMILES string of the molecule is C=CC=N/C(C(=O)NC1CCC(Oc2cc(N3CCOCC3)cc3nccnc23)CC1)=C(\C)O. The van der Waals surface area contributed by atoms with Gasteiger partial charge in [-0.3, -0.25) is 9.78 Å². The number of hydrogen-bond donors (Lipinski definition) is 2. The largest absolute Gasteiger partial charge is 0.510 e. The number of benzene rings is 1. The molecule has 2 heterocycles. The highest BCUT2D eigenvalue weighted by Gasteiger charge is 2.26. The van der Waals surface area contributed by atoms with Crippen molar-refractivity contribution in [3.63, 3.8) is 0 Å². The summed E-state index contributed by atoms with van der Waals surface area (Å²) in [6.07, 6.45) is 9.37. The third-order valence-electron chi connectivity index (χ3n) is 6.07. The van der Waals surface area contributed by atoms with Crippen molar-refractivity contribution in [3.05, 3.63) is 48.6 Å². The van der Waals surface area contributed by atoms with Gasteiger partial charge in [0.05, 0.1) is 24.8 Å². The third-order valence-corrected chi connectivity index (χ3v) is 6.07. The second-order valence-corrected chi connectivity index (χ2v) is 8.48. The summed E-state index contributed by atoms with van der Waals surface area (Å²) in [6, 6.07) is 4.10. The number of allylic oxidation sites excluding steroid dienone is 2. The highest BCUT2D eigenvalue weighted by Crippen LogP contribution is 2.33. The number of morpholine rings is 1. The van der Waals surface area contributed by atoms with Crippen molar-refractivity contribution in [1.82, 2.24) is 15.3 Å². The number of aliphatic hydroxyl groups excluding tert-OH is 1. The summed E-state index contributed by atoms with van der Waals surface area (Å²) in [5.74, 6) is 0.224. The van der Waals surface area contributed by atoms with Crippen molar-refractivity contribution in [2.75, 3.05) is 31.2 Å². The molecular formula is C25H31N5O4. The molecule has 2 N–H and O–H groups in total. The van der Waals surface area contributed by atoms with E-state index in [2.05, 4.69) is 43.9 Å². The number of nitrogens with zero attached hydrogens (tertiary/aromatic N) is 4. The van der Waals surface area contributed by atoms with E-state index in [1.807, 2.05) is 0 Å². The van der Waals surface area contributed by atoms with Crippen LogP contribution >= 0.6 is 0 Å². The summed E-state index contributed by atoms with van der Waals surface area (Å²) in [4.78, 5) is 27.8. The van der Waals surface area contributed by atoms with Crippen LogP contribution in [0.2, 0.25) is 0 Å². The molecule has 2 fully saturated rings. The van der Waals surface area contributed by atoms with E-state index in [9.17, 15) is 9.90 Å². The average molecular weight is 466 g/mol. The maximum absolute atomic E-state index is 12.5. The van der Waals surface area contributed by atoms with Crippen molar-refractivity contribution < 1.29 is 19.4 Å². The first-order valence-corrected chi connectivity index (χ1v) is 11.6. The molecule has 4 rings (SSSR count). The van der Waals surface area contributed by atoms with Gasteiger partial charge in [0.2, 0.25) is 0 Å². The predicted molar refractivity (Wildman–Crippen MR) is 131 cm³/mol. The van der Waals surface area contributed by atoms with Crippen LogP contribution in [0.5, 0.6) is 5.75 Å². The minimum absolute atomic E-state index is 0.00292. The van der Waals surface area contributed by atoms with Crippen molar-refractivity contribution in [2.24, 2.45) is 4.99 Å². The molecule has 0 bridgehead atoms. The Balaban J connectivity index is 1.41. The molecule has 0 atom stereocenters. The molecule has 34 heavy (non-hydrogen) atoms. The number of aliphatic hydroxyl groups is 1. The number of hydrogen-bond acceptors (Lipinski definition) is 8. The van der Waals surface area contributed by atoms with E-state index in [0.29, 0.717) is 13.2 Å². The lowest BCUT2D eigenvalue weighted by atomic mass is 9.92. The smallest absolute Gasteiger partial charge is 0.273 e. The number of amides is 1. The highest BCUT2D eigenvalue weighted by atomic mass is 16.5. The van der Waals surface area contributed by atoms with Gasteiger partial charge >= 0.3 is 0 Å². The van der Waals surface area contributed by atoms with Gasteiger partial charge in [0, 0.05) is 49.5 Å². The Morgan fingerprint density at radius 3 is 2.68 bits per heavy atom. The molecule has 1 saturated heterocycles. The molecule has 1 aromatic carbocycles. The van der Waals surface area contributed by atoms with Crippen molar-refractivity contribution in [2.45, 2.75) is 44.8 Å². The number of aliphatic imine (C=N–C) groups is 1. The maximum Gasteiger partial charge on any atom is 0.273 e. The van der Waals surface area contributed by atoms with Gasteiger partial charge in [-0.1, -0.05) is 12.7 Å². The molecule has 2 aliphatic rings. The van der Waals surface area contributed by atoms with E-state index in [-0.39, 0.29) is 29.5 Å². The van der Waals surface area contributed by atoms with Gasteiger partial charge in [-0.2, -0.15) is 0 Å². The lowest BCUT2D eigenvalue weighted by Crippen LogP contribution is -2.40. The van der Waals surface area contributed by atoms with Crippen molar-refractivity contribution >= 4 is 28.8 Å². The van der Waals surface area contributed by atoms with Crippen molar-refractivity contribution in [3.8, 4) is 5.75 Å². The molecule has 1 aromatic heterocycles. The Labute approximate surface area is 199 Å². The number of carbonyl (C=O) groups excluding carboxylic acids is 1. The van der Waals surface area contributed by atoms with E-state index in [1.165, 1.54) is 19.2 Å². The summed E-state index contributed by atoms with van der Waals surface area (Å²) in [5.41, 5.74) is 2.62.